The number of esters is 2. The van der Waals surface area contributed by atoms with Crippen molar-refractivity contribution in [2.45, 2.75) is 360 Å². The van der Waals surface area contributed by atoms with E-state index in [9.17, 15) is 14.7 Å². The van der Waals surface area contributed by atoms with Crippen LogP contribution in [0.15, 0.2) is 122 Å². The average molecular weight is 1180 g/mol. The van der Waals surface area contributed by atoms with Gasteiger partial charge in [-0.1, -0.05) is 373 Å². The molecule has 1 unspecified atom stereocenters. The van der Waals surface area contributed by atoms with Gasteiger partial charge in [-0.25, -0.2) is 0 Å². The predicted octanol–water partition coefficient (Wildman–Crippen LogP) is 25.7. The fourth-order valence-corrected chi connectivity index (χ4v) is 10.6. The number of rotatable bonds is 67. The molecule has 0 aliphatic heterocycles. The van der Waals surface area contributed by atoms with E-state index >= 15 is 0 Å². The van der Waals surface area contributed by atoms with Gasteiger partial charge < -0.3 is 14.6 Å². The Kier molecular flexibility index (Phi) is 71.3. The highest BCUT2D eigenvalue weighted by Gasteiger charge is 2.16. The van der Waals surface area contributed by atoms with E-state index in [1.807, 2.05) is 0 Å². The van der Waals surface area contributed by atoms with Crippen LogP contribution in [-0.4, -0.2) is 36.4 Å². The van der Waals surface area contributed by atoms with Crippen molar-refractivity contribution in [3.8, 4) is 0 Å². The first kappa shape index (κ1) is 81.3. The lowest BCUT2D eigenvalue weighted by Crippen LogP contribution is -2.28. The van der Waals surface area contributed by atoms with Gasteiger partial charge in [0.05, 0.1) is 6.61 Å². The summed E-state index contributed by atoms with van der Waals surface area (Å²) in [5.74, 6) is -0.600. The minimum Gasteiger partial charge on any atom is -0.462 e. The van der Waals surface area contributed by atoms with E-state index in [1.54, 1.807) is 0 Å². The van der Waals surface area contributed by atoms with Crippen LogP contribution in [-0.2, 0) is 19.1 Å². The molecule has 0 rings (SSSR count). The molecule has 0 aromatic rings. The molecule has 0 fully saturated rings. The van der Waals surface area contributed by atoms with Gasteiger partial charge in [0.2, 0.25) is 0 Å². The second-order valence-corrected chi connectivity index (χ2v) is 24.3. The first-order valence-corrected chi connectivity index (χ1v) is 36.6. The molecule has 1 atom stereocenters. The van der Waals surface area contributed by atoms with E-state index in [0.717, 1.165) is 109 Å². The summed E-state index contributed by atoms with van der Waals surface area (Å²) in [4.78, 5) is 24.7. The zero-order valence-corrected chi connectivity index (χ0v) is 56.1. The summed E-state index contributed by atoms with van der Waals surface area (Å²) in [7, 11) is 0. The number of ether oxygens (including phenoxy) is 2. The van der Waals surface area contributed by atoms with E-state index in [4.69, 9.17) is 9.47 Å². The van der Waals surface area contributed by atoms with Crippen LogP contribution < -0.4 is 0 Å². The molecule has 0 aliphatic rings. The zero-order valence-electron chi connectivity index (χ0n) is 56.1. The van der Waals surface area contributed by atoms with Gasteiger partial charge in [0, 0.05) is 12.8 Å². The summed E-state index contributed by atoms with van der Waals surface area (Å²) in [6, 6.07) is 0. The number of unbranched alkanes of at least 4 members (excludes halogenated alkanes) is 39. The molecule has 488 valence electrons. The minimum atomic E-state index is -0.788. The quantitative estimate of drug-likeness (QED) is 0.0373. The first-order valence-electron chi connectivity index (χ1n) is 36.6. The Morgan fingerprint density at radius 1 is 0.282 bits per heavy atom. The summed E-state index contributed by atoms with van der Waals surface area (Å²) in [5, 5.41) is 9.71. The molecule has 5 heteroatoms. The van der Waals surface area contributed by atoms with Crippen LogP contribution in [0.2, 0.25) is 0 Å². The monoisotopic (exact) mass is 1180 g/mol. The lowest BCUT2D eigenvalue weighted by atomic mass is 10.0. The van der Waals surface area contributed by atoms with Gasteiger partial charge >= 0.3 is 11.9 Å². The number of aliphatic hydroxyl groups excluding tert-OH is 1. The van der Waals surface area contributed by atoms with Crippen molar-refractivity contribution in [3.05, 3.63) is 122 Å². The van der Waals surface area contributed by atoms with Gasteiger partial charge in [0.25, 0.3) is 0 Å². The van der Waals surface area contributed by atoms with Gasteiger partial charge in [-0.2, -0.15) is 0 Å². The Bertz CT molecular complexity index is 1670. The molecule has 85 heavy (non-hydrogen) atoms. The van der Waals surface area contributed by atoms with Crippen molar-refractivity contribution in [3.63, 3.8) is 0 Å². The Hall–Kier alpha value is -3.70. The van der Waals surface area contributed by atoms with Gasteiger partial charge in [0.15, 0.2) is 6.10 Å². The highest BCUT2D eigenvalue weighted by Crippen LogP contribution is 2.18. The van der Waals surface area contributed by atoms with E-state index in [-0.39, 0.29) is 25.2 Å². The molecular formula is C80H138O5. The fraction of sp³-hybridized carbons (Fsp3) is 0.725. The molecule has 0 aliphatic carbocycles. The number of allylic oxidation sites excluding steroid dienone is 20. The number of hydrogen-bond acceptors (Lipinski definition) is 5. The van der Waals surface area contributed by atoms with Gasteiger partial charge in [-0.05, 0) is 89.9 Å². The van der Waals surface area contributed by atoms with Gasteiger partial charge in [-0.15, -0.1) is 0 Å². The Morgan fingerprint density at radius 2 is 0.506 bits per heavy atom. The normalized spacial score (nSPS) is 12.9. The Balaban J connectivity index is 3.51. The van der Waals surface area contributed by atoms with Crippen molar-refractivity contribution in [2.24, 2.45) is 0 Å². The molecular weight excluding hydrogens is 1040 g/mol. The third-order valence-electron chi connectivity index (χ3n) is 16.0. The van der Waals surface area contributed by atoms with Crippen LogP contribution >= 0.6 is 0 Å². The van der Waals surface area contributed by atoms with Gasteiger partial charge in [-0.3, -0.25) is 9.59 Å². The summed E-state index contributed by atoms with van der Waals surface area (Å²) in [6.07, 6.45) is 110. The smallest absolute Gasteiger partial charge is 0.306 e. The topological polar surface area (TPSA) is 72.8 Å². The van der Waals surface area contributed by atoms with Crippen molar-refractivity contribution in [2.75, 3.05) is 13.2 Å². The molecule has 0 spiro atoms. The highest BCUT2D eigenvalue weighted by molar-refractivity contribution is 5.70. The van der Waals surface area contributed by atoms with Crippen LogP contribution in [0.1, 0.15) is 354 Å². The average Bonchev–Trinajstić information content (AvgIpc) is 3.52. The highest BCUT2D eigenvalue weighted by atomic mass is 16.6. The lowest BCUT2D eigenvalue weighted by Gasteiger charge is -2.15. The van der Waals surface area contributed by atoms with Crippen LogP contribution in [0, 0.1) is 0 Å². The number of aliphatic hydroxyl groups is 1. The zero-order chi connectivity index (χ0) is 61.2. The second-order valence-electron chi connectivity index (χ2n) is 24.3. The van der Waals surface area contributed by atoms with Crippen molar-refractivity contribution < 1.29 is 24.2 Å². The van der Waals surface area contributed by atoms with E-state index in [1.165, 1.54) is 218 Å². The van der Waals surface area contributed by atoms with Crippen LogP contribution in [0.25, 0.3) is 0 Å². The summed E-state index contributed by atoms with van der Waals surface area (Å²) in [6.45, 7) is 4.05. The second kappa shape index (κ2) is 74.6. The molecule has 0 radical (unpaired) electrons. The summed E-state index contributed by atoms with van der Waals surface area (Å²) >= 11 is 0. The molecule has 0 saturated heterocycles. The van der Waals surface area contributed by atoms with Crippen LogP contribution in [0.4, 0.5) is 0 Å². The maximum atomic E-state index is 12.4. The van der Waals surface area contributed by atoms with E-state index in [0.29, 0.717) is 12.8 Å². The standard InChI is InChI=1S/C80H138O5/c1-3-5-7-9-11-13-15-17-19-21-23-25-27-29-31-33-35-37-39-40-41-43-45-47-49-51-53-55-57-59-61-63-65-67-69-71-73-75-80(83)85-78(76-81)77-84-79(82)74-72-70-68-66-64-62-60-58-56-54-52-50-48-46-44-42-38-36-34-32-30-28-26-24-22-20-18-16-14-12-10-8-6-4-2/h5,7,11,13,17,19,23,25,29,31,35,37,40-41,45,47,51,53,57,59,78,81H,3-4,6,8-10,12,14-16,18,20-22,24,26-28,30,32-34,36,38-39,42-44,46,48-50,52,54-56,58,60-77H2,1-2H3/b7-5-,13-11-,19-17-,25-23-,31-29-,37-35-,41-40-,47-45-,53-51-,59-57-. The molecule has 0 aromatic carbocycles. The molecule has 5 nitrogen and oxygen atoms in total. The van der Waals surface area contributed by atoms with E-state index in [2.05, 4.69) is 135 Å². The molecule has 0 aromatic heterocycles. The molecule has 0 bridgehead atoms. The molecule has 0 amide bonds. The van der Waals surface area contributed by atoms with Crippen molar-refractivity contribution >= 4 is 11.9 Å². The Morgan fingerprint density at radius 3 is 0.765 bits per heavy atom. The number of carbonyl (C=O) groups excluding carboxylic acids is 2. The largest absolute Gasteiger partial charge is 0.462 e. The van der Waals surface area contributed by atoms with Crippen molar-refractivity contribution in [1.29, 1.82) is 0 Å². The van der Waals surface area contributed by atoms with Crippen LogP contribution in [0.3, 0.4) is 0 Å². The lowest BCUT2D eigenvalue weighted by molar-refractivity contribution is -0.161. The van der Waals surface area contributed by atoms with Gasteiger partial charge in [0.1, 0.15) is 6.61 Å². The third kappa shape index (κ3) is 72.7. The van der Waals surface area contributed by atoms with Crippen molar-refractivity contribution in [1.82, 2.24) is 0 Å². The minimum absolute atomic E-state index is 0.0748. The number of hydrogen-bond donors (Lipinski definition) is 1. The van der Waals surface area contributed by atoms with E-state index < -0.39 is 6.10 Å². The van der Waals surface area contributed by atoms with Crippen LogP contribution in [0.5, 0.6) is 0 Å². The molecule has 0 heterocycles. The third-order valence-corrected chi connectivity index (χ3v) is 16.0. The maximum absolute atomic E-state index is 12.4. The fourth-order valence-electron chi connectivity index (χ4n) is 10.6. The number of carbonyl (C=O) groups is 2. The molecule has 0 saturated carbocycles. The summed E-state index contributed by atoms with van der Waals surface area (Å²) in [5.41, 5.74) is 0. The molecule has 1 N–H and O–H groups in total. The first-order chi connectivity index (χ1) is 42.1. The SMILES string of the molecule is CC/C=C\C/C=C\C/C=C\C/C=C\C/C=C\C/C=C\C/C=C\C/C=C\C/C=C\C/C=C\CCCCCCCCC(=O)OC(CO)COC(=O)CCCCCCCCCCCCCCCCCCCCCCCCCCCCCCCCCCCC. The summed E-state index contributed by atoms with van der Waals surface area (Å²) < 4.78 is 10.8. The Labute approximate surface area is 528 Å². The predicted molar refractivity (Wildman–Crippen MR) is 375 cm³/mol. The maximum Gasteiger partial charge on any atom is 0.306 e.